The molecule has 2 rings (SSSR count). The van der Waals surface area contributed by atoms with Crippen molar-refractivity contribution in [2.24, 2.45) is 5.73 Å². The minimum absolute atomic E-state index is 0.0812. The molecular formula is C16H21NO. The molecule has 96 valence electrons. The molecule has 0 aliphatic rings. The Labute approximate surface area is 109 Å². The van der Waals surface area contributed by atoms with Crippen molar-refractivity contribution < 1.29 is 4.74 Å². The molecular weight excluding hydrogens is 222 g/mol. The summed E-state index contributed by atoms with van der Waals surface area (Å²) in [5.41, 5.74) is 7.34. The van der Waals surface area contributed by atoms with E-state index in [2.05, 4.69) is 49.4 Å². The number of hydrogen-bond donors (Lipinski definition) is 1. The van der Waals surface area contributed by atoms with Gasteiger partial charge in [-0.25, -0.2) is 0 Å². The summed E-state index contributed by atoms with van der Waals surface area (Å²) >= 11 is 0. The fourth-order valence-electron chi connectivity index (χ4n) is 2.11. The predicted molar refractivity (Wildman–Crippen MR) is 76.7 cm³/mol. The first-order chi connectivity index (χ1) is 8.79. The maximum Gasteiger partial charge on any atom is 0.0620 e. The molecule has 0 saturated heterocycles. The second kappa shape index (κ2) is 6.53. The number of hydrogen-bond acceptors (Lipinski definition) is 2. The normalized spacial score (nSPS) is 12.8. The van der Waals surface area contributed by atoms with Crippen molar-refractivity contribution in [2.75, 3.05) is 13.2 Å². The van der Waals surface area contributed by atoms with Crippen molar-refractivity contribution in [1.29, 1.82) is 0 Å². The first-order valence-corrected chi connectivity index (χ1v) is 6.60. The maximum atomic E-state index is 6.07. The Morgan fingerprint density at radius 2 is 1.89 bits per heavy atom. The van der Waals surface area contributed by atoms with E-state index in [-0.39, 0.29) is 6.04 Å². The molecule has 2 nitrogen and oxygen atoms in total. The van der Waals surface area contributed by atoms with Crippen LogP contribution in [0.5, 0.6) is 0 Å². The van der Waals surface area contributed by atoms with E-state index >= 15 is 0 Å². The van der Waals surface area contributed by atoms with Gasteiger partial charge in [-0.1, -0.05) is 49.4 Å². The number of nitrogens with two attached hydrogens (primary N) is 1. The average molecular weight is 243 g/mol. The number of ether oxygens (including phenoxy) is 1. The van der Waals surface area contributed by atoms with E-state index in [1.54, 1.807) is 0 Å². The molecule has 0 aromatic heterocycles. The number of rotatable bonds is 6. The molecule has 1 atom stereocenters. The van der Waals surface area contributed by atoms with Crippen LogP contribution >= 0.6 is 0 Å². The van der Waals surface area contributed by atoms with Crippen LogP contribution in [0.4, 0.5) is 0 Å². The molecule has 2 aromatic rings. The molecule has 0 fully saturated rings. The van der Waals surface area contributed by atoms with Crippen LogP contribution in [-0.2, 0) is 11.2 Å². The topological polar surface area (TPSA) is 35.2 Å². The van der Waals surface area contributed by atoms with Gasteiger partial charge in [-0.05, 0) is 29.2 Å². The van der Waals surface area contributed by atoms with Gasteiger partial charge in [0.1, 0.15) is 0 Å². The Balaban J connectivity index is 1.98. The third kappa shape index (κ3) is 3.56. The van der Waals surface area contributed by atoms with E-state index in [0.717, 1.165) is 19.4 Å². The van der Waals surface area contributed by atoms with Crippen molar-refractivity contribution in [3.05, 3.63) is 48.0 Å². The standard InChI is InChI=1S/C16H21NO/c1-2-9-18-12-16(17)11-13-7-8-14-5-3-4-6-15(14)10-13/h3-8,10,16H,2,9,11-12,17H2,1H3. The molecule has 2 N–H and O–H groups in total. The first kappa shape index (κ1) is 13.1. The smallest absolute Gasteiger partial charge is 0.0620 e. The molecule has 0 aliphatic heterocycles. The van der Waals surface area contributed by atoms with Gasteiger partial charge in [-0.15, -0.1) is 0 Å². The van der Waals surface area contributed by atoms with Crippen molar-refractivity contribution >= 4 is 10.8 Å². The summed E-state index contributed by atoms with van der Waals surface area (Å²) in [4.78, 5) is 0. The summed E-state index contributed by atoms with van der Waals surface area (Å²) in [7, 11) is 0. The Kier molecular flexibility index (Phi) is 4.73. The van der Waals surface area contributed by atoms with E-state index in [1.807, 2.05) is 0 Å². The first-order valence-electron chi connectivity index (χ1n) is 6.60. The van der Waals surface area contributed by atoms with Crippen LogP contribution in [-0.4, -0.2) is 19.3 Å². The quantitative estimate of drug-likeness (QED) is 0.791. The Hall–Kier alpha value is -1.38. The van der Waals surface area contributed by atoms with E-state index in [1.165, 1.54) is 16.3 Å². The highest BCUT2D eigenvalue weighted by Gasteiger charge is 2.04. The number of fused-ring (bicyclic) bond motifs is 1. The zero-order valence-corrected chi connectivity index (χ0v) is 10.9. The maximum absolute atomic E-state index is 6.07. The van der Waals surface area contributed by atoms with Gasteiger partial charge in [-0.2, -0.15) is 0 Å². The van der Waals surface area contributed by atoms with Gasteiger partial charge in [0.2, 0.25) is 0 Å². The average Bonchev–Trinajstić information content (AvgIpc) is 2.39. The third-order valence-corrected chi connectivity index (χ3v) is 2.99. The monoisotopic (exact) mass is 243 g/mol. The fraction of sp³-hybridized carbons (Fsp3) is 0.375. The van der Waals surface area contributed by atoms with Crippen LogP contribution in [0.2, 0.25) is 0 Å². The molecule has 0 bridgehead atoms. The Morgan fingerprint density at radius 1 is 1.11 bits per heavy atom. The summed E-state index contributed by atoms with van der Waals surface area (Å²) in [5.74, 6) is 0. The highest BCUT2D eigenvalue weighted by atomic mass is 16.5. The summed E-state index contributed by atoms with van der Waals surface area (Å²) in [6.07, 6.45) is 1.91. The Bertz CT molecular complexity index is 495. The van der Waals surface area contributed by atoms with Crippen molar-refractivity contribution in [3.63, 3.8) is 0 Å². The van der Waals surface area contributed by atoms with Gasteiger partial charge in [0, 0.05) is 12.6 Å². The summed E-state index contributed by atoms with van der Waals surface area (Å²) < 4.78 is 5.48. The van der Waals surface area contributed by atoms with Gasteiger partial charge in [-0.3, -0.25) is 0 Å². The SMILES string of the molecule is CCCOCC(N)Cc1ccc2ccccc2c1. The van der Waals surface area contributed by atoms with E-state index in [0.29, 0.717) is 6.61 Å². The molecule has 1 unspecified atom stereocenters. The summed E-state index contributed by atoms with van der Waals surface area (Å²) in [6, 6.07) is 15.0. The highest BCUT2D eigenvalue weighted by Crippen LogP contribution is 2.16. The van der Waals surface area contributed by atoms with E-state index in [4.69, 9.17) is 10.5 Å². The van der Waals surface area contributed by atoms with Crippen LogP contribution < -0.4 is 5.73 Å². The van der Waals surface area contributed by atoms with Crippen molar-refractivity contribution in [3.8, 4) is 0 Å². The van der Waals surface area contributed by atoms with Crippen LogP contribution in [0, 0.1) is 0 Å². The largest absolute Gasteiger partial charge is 0.380 e. The molecule has 2 heteroatoms. The molecule has 0 aliphatic carbocycles. The van der Waals surface area contributed by atoms with Gasteiger partial charge in [0.05, 0.1) is 6.61 Å². The second-order valence-electron chi connectivity index (χ2n) is 4.72. The highest BCUT2D eigenvalue weighted by molar-refractivity contribution is 5.82. The van der Waals surface area contributed by atoms with Crippen LogP contribution in [0.25, 0.3) is 10.8 Å². The lowest BCUT2D eigenvalue weighted by Gasteiger charge is -2.12. The lowest BCUT2D eigenvalue weighted by atomic mass is 10.0. The minimum atomic E-state index is 0.0812. The molecule has 0 amide bonds. The number of benzene rings is 2. The van der Waals surface area contributed by atoms with Gasteiger partial charge >= 0.3 is 0 Å². The third-order valence-electron chi connectivity index (χ3n) is 2.99. The lowest BCUT2D eigenvalue weighted by molar-refractivity contribution is 0.121. The van der Waals surface area contributed by atoms with Gasteiger partial charge in [0.15, 0.2) is 0 Å². The summed E-state index contributed by atoms with van der Waals surface area (Å²) in [6.45, 7) is 3.54. The molecule has 18 heavy (non-hydrogen) atoms. The van der Waals surface area contributed by atoms with Crippen molar-refractivity contribution in [1.82, 2.24) is 0 Å². The Morgan fingerprint density at radius 3 is 2.67 bits per heavy atom. The minimum Gasteiger partial charge on any atom is -0.380 e. The lowest BCUT2D eigenvalue weighted by Crippen LogP contribution is -2.28. The zero-order valence-electron chi connectivity index (χ0n) is 10.9. The molecule has 0 saturated carbocycles. The second-order valence-corrected chi connectivity index (χ2v) is 4.72. The molecule has 2 aromatic carbocycles. The van der Waals surface area contributed by atoms with Crippen LogP contribution in [0.1, 0.15) is 18.9 Å². The predicted octanol–water partition coefficient (Wildman–Crippen LogP) is 3.14. The van der Waals surface area contributed by atoms with Crippen LogP contribution in [0.15, 0.2) is 42.5 Å². The summed E-state index contributed by atoms with van der Waals surface area (Å²) in [5, 5.41) is 2.55. The van der Waals surface area contributed by atoms with E-state index in [9.17, 15) is 0 Å². The molecule has 0 radical (unpaired) electrons. The van der Waals surface area contributed by atoms with Crippen LogP contribution in [0.3, 0.4) is 0 Å². The van der Waals surface area contributed by atoms with E-state index < -0.39 is 0 Å². The molecule has 0 spiro atoms. The van der Waals surface area contributed by atoms with Crippen molar-refractivity contribution in [2.45, 2.75) is 25.8 Å². The fourth-order valence-corrected chi connectivity index (χ4v) is 2.11. The van der Waals surface area contributed by atoms with Gasteiger partial charge in [0.25, 0.3) is 0 Å². The van der Waals surface area contributed by atoms with Gasteiger partial charge < -0.3 is 10.5 Å². The zero-order chi connectivity index (χ0) is 12.8. The molecule has 0 heterocycles.